The molecule has 1 aliphatic heterocycles. The molecule has 14 heteroatoms. The molecule has 14 nitrogen and oxygen atoms in total. The van der Waals surface area contributed by atoms with Crippen LogP contribution in [0.2, 0.25) is 0 Å². The van der Waals surface area contributed by atoms with Crippen LogP contribution in [0.25, 0.3) is 33.6 Å². The van der Waals surface area contributed by atoms with Crippen LogP contribution in [0.3, 0.4) is 0 Å². The number of nitrogens with one attached hydrogen (secondary N) is 5. The fourth-order valence-electron chi connectivity index (χ4n) is 5.98. The van der Waals surface area contributed by atoms with Crippen LogP contribution >= 0.6 is 0 Å². The number of imidazole rings is 2. The molecule has 4 aromatic rings. The molecule has 0 aliphatic carbocycles. The molecule has 0 saturated carbocycles. The van der Waals surface area contributed by atoms with Crippen LogP contribution in [0, 0.1) is 11.8 Å². The minimum absolute atomic E-state index is 0.107. The van der Waals surface area contributed by atoms with Gasteiger partial charge in [0.05, 0.1) is 44.0 Å². The van der Waals surface area contributed by atoms with E-state index in [1.165, 1.54) is 14.2 Å². The number of rotatable bonds is 11. The first-order valence-electron chi connectivity index (χ1n) is 16.6. The van der Waals surface area contributed by atoms with E-state index in [4.69, 9.17) is 4.74 Å². The summed E-state index contributed by atoms with van der Waals surface area (Å²) < 4.78 is 9.37. The summed E-state index contributed by atoms with van der Waals surface area (Å²) in [6, 6.07) is 14.4. The Balaban J connectivity index is 1.23. The number of aromatic nitrogens is 4. The number of benzene rings is 2. The van der Waals surface area contributed by atoms with Gasteiger partial charge in [0.2, 0.25) is 17.8 Å². The second kappa shape index (κ2) is 15.7. The normalized spacial score (nSPS) is 15.4. The van der Waals surface area contributed by atoms with E-state index >= 15 is 0 Å². The van der Waals surface area contributed by atoms with E-state index in [-0.39, 0.29) is 29.7 Å². The van der Waals surface area contributed by atoms with Crippen molar-refractivity contribution in [3.05, 3.63) is 66.7 Å². The summed E-state index contributed by atoms with van der Waals surface area (Å²) in [5.74, 6) is 0.160. The molecule has 3 unspecified atom stereocenters. The van der Waals surface area contributed by atoms with Crippen molar-refractivity contribution in [2.75, 3.05) is 26.1 Å². The number of ether oxygens (including phenoxy) is 2. The van der Waals surface area contributed by atoms with Gasteiger partial charge in [0.1, 0.15) is 17.9 Å². The van der Waals surface area contributed by atoms with Crippen molar-refractivity contribution in [3.8, 4) is 33.6 Å². The van der Waals surface area contributed by atoms with Gasteiger partial charge in [-0.2, -0.15) is 0 Å². The van der Waals surface area contributed by atoms with Gasteiger partial charge in [-0.15, -0.1) is 0 Å². The Kier molecular flexibility index (Phi) is 11.2. The average Bonchev–Trinajstić information content (AvgIpc) is 3.90. The van der Waals surface area contributed by atoms with E-state index in [0.29, 0.717) is 12.4 Å². The van der Waals surface area contributed by atoms with E-state index < -0.39 is 30.2 Å². The zero-order valence-electron chi connectivity index (χ0n) is 29.1. The number of hydrogen-bond acceptors (Lipinski definition) is 8. The molecule has 50 heavy (non-hydrogen) atoms. The number of likely N-dealkylation sites (tertiary alicyclic amines) is 1. The summed E-state index contributed by atoms with van der Waals surface area (Å²) in [4.78, 5) is 67.0. The highest BCUT2D eigenvalue weighted by molar-refractivity contribution is 5.95. The molecular weight excluding hydrogens is 640 g/mol. The molecule has 1 aliphatic rings. The van der Waals surface area contributed by atoms with Gasteiger partial charge in [0.25, 0.3) is 0 Å². The Labute approximate surface area is 290 Å². The molecule has 5 N–H and O–H groups in total. The first kappa shape index (κ1) is 35.6. The van der Waals surface area contributed by atoms with Crippen LogP contribution in [0.1, 0.15) is 52.4 Å². The lowest BCUT2D eigenvalue weighted by Crippen LogP contribution is -2.51. The monoisotopic (exact) mass is 684 g/mol. The van der Waals surface area contributed by atoms with Gasteiger partial charge >= 0.3 is 12.2 Å². The first-order valence-corrected chi connectivity index (χ1v) is 16.6. The van der Waals surface area contributed by atoms with Crippen molar-refractivity contribution in [2.45, 2.75) is 58.7 Å². The maximum absolute atomic E-state index is 13.5. The van der Waals surface area contributed by atoms with Crippen LogP contribution in [0.4, 0.5) is 15.5 Å². The topological polar surface area (TPSA) is 183 Å². The molecule has 3 atom stereocenters. The second-order valence-electron chi connectivity index (χ2n) is 12.9. The third-order valence-electron chi connectivity index (χ3n) is 8.79. The van der Waals surface area contributed by atoms with Crippen molar-refractivity contribution >= 4 is 29.9 Å². The van der Waals surface area contributed by atoms with Gasteiger partial charge < -0.3 is 35.0 Å². The van der Waals surface area contributed by atoms with Crippen molar-refractivity contribution in [3.63, 3.8) is 0 Å². The second-order valence-corrected chi connectivity index (χ2v) is 12.9. The lowest BCUT2D eigenvalue weighted by atomic mass is 10.0. The Bertz CT molecular complexity index is 1800. The molecule has 2 aromatic heterocycles. The summed E-state index contributed by atoms with van der Waals surface area (Å²) >= 11 is 0. The predicted molar refractivity (Wildman–Crippen MR) is 188 cm³/mol. The molecule has 264 valence electrons. The number of methoxy groups -OCH3 is 2. The molecular formula is C36H44N8O6. The molecule has 4 amide bonds. The van der Waals surface area contributed by atoms with E-state index in [9.17, 15) is 19.2 Å². The number of H-pyrrole nitrogens is 2. The Morgan fingerprint density at radius 3 is 1.78 bits per heavy atom. The summed E-state index contributed by atoms with van der Waals surface area (Å²) in [5, 5.41) is 7.95. The highest BCUT2D eigenvalue weighted by Crippen LogP contribution is 2.33. The molecule has 0 bridgehead atoms. The Morgan fingerprint density at radius 1 is 0.740 bits per heavy atom. The van der Waals surface area contributed by atoms with Crippen molar-refractivity contribution in [1.29, 1.82) is 0 Å². The van der Waals surface area contributed by atoms with Gasteiger partial charge in [-0.3, -0.25) is 14.9 Å². The largest absolute Gasteiger partial charge is 0.453 e. The smallest absolute Gasteiger partial charge is 0.407 e. The van der Waals surface area contributed by atoms with E-state index in [0.717, 1.165) is 46.5 Å². The third kappa shape index (κ3) is 8.13. The number of amides is 4. The molecule has 0 spiro atoms. The SMILES string of the molecule is COC(=O)NC(C(=O)Nc1ncc(-c2ccc(-c3ccc(-c4cnc(C5CCCN5C(=O)C(NC(=O)OC)C(C)C)[nH]4)cc3)cc2)[nH]1)C(C)C. The highest BCUT2D eigenvalue weighted by Gasteiger charge is 2.37. The summed E-state index contributed by atoms with van der Waals surface area (Å²) in [7, 11) is 2.53. The minimum atomic E-state index is -0.786. The molecule has 3 heterocycles. The average molecular weight is 685 g/mol. The summed E-state index contributed by atoms with van der Waals surface area (Å²) in [6.07, 6.45) is 3.73. The van der Waals surface area contributed by atoms with Gasteiger partial charge in [-0.25, -0.2) is 19.6 Å². The quantitative estimate of drug-likeness (QED) is 0.137. The number of aromatic amines is 2. The Hall–Kier alpha value is -5.66. The summed E-state index contributed by atoms with van der Waals surface area (Å²) in [6.45, 7) is 8.02. The predicted octanol–water partition coefficient (Wildman–Crippen LogP) is 5.50. The zero-order chi connectivity index (χ0) is 35.9. The highest BCUT2D eigenvalue weighted by atomic mass is 16.5. The van der Waals surface area contributed by atoms with Gasteiger partial charge in [0.15, 0.2) is 0 Å². The number of hydrogen-bond donors (Lipinski definition) is 5. The standard InChI is InChI=1S/C36H44N8O6/c1-20(2)29(41-35(47)49-5)32(45)43-34-38-19-27(40-34)25-15-11-23(12-16-25)22-9-13-24(14-10-22)26-18-37-31(39-26)28-8-7-17-44(28)33(46)30(21(3)4)42-36(48)50-6/h9-16,18-21,28-30H,7-8,17H2,1-6H3,(H,37,39)(H,41,47)(H,42,48)(H2,38,40,43,45). The van der Waals surface area contributed by atoms with Gasteiger partial charge in [-0.1, -0.05) is 76.2 Å². The van der Waals surface area contributed by atoms with Crippen LogP contribution in [-0.4, -0.2) is 81.7 Å². The van der Waals surface area contributed by atoms with Crippen molar-refractivity contribution in [2.24, 2.45) is 11.8 Å². The zero-order valence-corrected chi connectivity index (χ0v) is 29.1. The molecule has 1 fully saturated rings. The number of anilines is 1. The third-order valence-corrected chi connectivity index (χ3v) is 8.79. The number of alkyl carbamates (subject to hydrolysis) is 2. The van der Waals surface area contributed by atoms with Crippen LogP contribution in [0.15, 0.2) is 60.9 Å². The molecule has 1 saturated heterocycles. The summed E-state index contributed by atoms with van der Waals surface area (Å²) in [5.41, 5.74) is 5.46. The van der Waals surface area contributed by atoms with Crippen molar-refractivity contribution < 1.29 is 28.7 Å². The van der Waals surface area contributed by atoms with Crippen molar-refractivity contribution in [1.82, 2.24) is 35.5 Å². The van der Waals surface area contributed by atoms with Crippen LogP contribution < -0.4 is 16.0 Å². The van der Waals surface area contributed by atoms with E-state index in [2.05, 4.69) is 40.6 Å². The molecule has 0 radical (unpaired) electrons. The fraction of sp³-hybridized carbons (Fsp3) is 0.389. The lowest BCUT2D eigenvalue weighted by molar-refractivity contribution is -0.135. The maximum atomic E-state index is 13.5. The van der Waals surface area contributed by atoms with Crippen LogP contribution in [0.5, 0.6) is 0 Å². The number of carbonyl (C=O) groups excluding carboxylic acids is 4. The number of carbonyl (C=O) groups is 4. The number of nitrogens with zero attached hydrogens (tertiary/aromatic N) is 3. The molecule has 2 aromatic carbocycles. The van der Waals surface area contributed by atoms with E-state index in [1.807, 2.05) is 76.2 Å². The van der Waals surface area contributed by atoms with E-state index in [1.54, 1.807) is 17.3 Å². The Morgan fingerprint density at radius 2 is 1.24 bits per heavy atom. The lowest BCUT2D eigenvalue weighted by Gasteiger charge is -2.30. The van der Waals surface area contributed by atoms with Gasteiger partial charge in [0, 0.05) is 6.54 Å². The maximum Gasteiger partial charge on any atom is 0.407 e. The van der Waals surface area contributed by atoms with Gasteiger partial charge in [-0.05, 0) is 46.9 Å². The minimum Gasteiger partial charge on any atom is -0.453 e. The molecule has 5 rings (SSSR count). The fourth-order valence-corrected chi connectivity index (χ4v) is 5.98. The van der Waals surface area contributed by atoms with Crippen LogP contribution in [-0.2, 0) is 19.1 Å². The first-order chi connectivity index (χ1) is 24.0.